The third-order valence-electron chi connectivity index (χ3n) is 4.51. The number of amides is 1. The number of fused-ring (bicyclic) bond motifs is 3. The predicted molar refractivity (Wildman–Crippen MR) is 104 cm³/mol. The summed E-state index contributed by atoms with van der Waals surface area (Å²) in [5, 5.41) is 2.37. The topological polar surface area (TPSA) is 34.4 Å². The van der Waals surface area contributed by atoms with Crippen LogP contribution in [0.25, 0.3) is 21.0 Å². The first-order valence-corrected chi connectivity index (χ1v) is 9.00. The largest absolute Gasteiger partial charge is 0.319 e. The number of aryl methyl sites for hydroxylation is 3. The summed E-state index contributed by atoms with van der Waals surface area (Å²) in [5.41, 5.74) is 3.81. The van der Waals surface area contributed by atoms with Crippen molar-refractivity contribution in [3.05, 3.63) is 76.1 Å². The SMILES string of the molecule is Cc1ccc(C)c(C(=O)N=c2sc3ccc4ccccc4c3n2C)c1. The molecule has 1 amide bonds. The Morgan fingerprint density at radius 3 is 2.68 bits per heavy atom. The number of rotatable bonds is 1. The highest BCUT2D eigenvalue weighted by molar-refractivity contribution is 7.16. The first kappa shape index (κ1) is 15.8. The lowest BCUT2D eigenvalue weighted by atomic mass is 10.1. The number of carbonyl (C=O) groups is 1. The molecule has 0 fully saturated rings. The van der Waals surface area contributed by atoms with Gasteiger partial charge in [0.15, 0.2) is 4.80 Å². The Morgan fingerprint density at radius 2 is 1.84 bits per heavy atom. The molecular weight excluding hydrogens is 328 g/mol. The third kappa shape index (κ3) is 2.68. The number of hydrogen-bond acceptors (Lipinski definition) is 2. The van der Waals surface area contributed by atoms with Crippen LogP contribution < -0.4 is 4.80 Å². The average molecular weight is 346 g/mol. The van der Waals surface area contributed by atoms with E-state index in [1.165, 1.54) is 10.8 Å². The molecule has 1 aromatic heterocycles. The van der Waals surface area contributed by atoms with Crippen molar-refractivity contribution in [1.29, 1.82) is 0 Å². The molecule has 0 saturated heterocycles. The van der Waals surface area contributed by atoms with Crippen LogP contribution in [0, 0.1) is 13.8 Å². The standard InChI is InChI=1S/C21H18N2OS/c1-13-8-9-14(2)17(12-13)20(24)22-21-23(3)19-16-7-5-4-6-15(16)10-11-18(19)25-21/h4-12H,1-3H3. The first-order chi connectivity index (χ1) is 12.0. The van der Waals surface area contributed by atoms with Gasteiger partial charge >= 0.3 is 0 Å². The predicted octanol–water partition coefficient (Wildman–Crippen LogP) is 4.75. The van der Waals surface area contributed by atoms with E-state index in [9.17, 15) is 4.79 Å². The number of benzene rings is 3. The molecule has 0 saturated carbocycles. The molecule has 4 rings (SSSR count). The summed E-state index contributed by atoms with van der Waals surface area (Å²) in [6, 6.07) is 18.4. The van der Waals surface area contributed by atoms with Crippen molar-refractivity contribution < 1.29 is 4.79 Å². The van der Waals surface area contributed by atoms with Crippen LogP contribution in [0.4, 0.5) is 0 Å². The summed E-state index contributed by atoms with van der Waals surface area (Å²) in [6.45, 7) is 3.93. The lowest BCUT2D eigenvalue weighted by Crippen LogP contribution is -2.14. The maximum absolute atomic E-state index is 12.7. The smallest absolute Gasteiger partial charge is 0.279 e. The van der Waals surface area contributed by atoms with E-state index in [1.54, 1.807) is 11.3 Å². The fourth-order valence-corrected chi connectivity index (χ4v) is 4.17. The van der Waals surface area contributed by atoms with E-state index >= 15 is 0 Å². The fourth-order valence-electron chi connectivity index (χ4n) is 3.14. The van der Waals surface area contributed by atoms with Crippen molar-refractivity contribution in [1.82, 2.24) is 4.57 Å². The van der Waals surface area contributed by atoms with Crippen LogP contribution >= 0.6 is 11.3 Å². The average Bonchev–Trinajstić information content (AvgIpc) is 2.93. The van der Waals surface area contributed by atoms with E-state index < -0.39 is 0 Å². The quantitative estimate of drug-likeness (QED) is 0.490. The van der Waals surface area contributed by atoms with Crippen LogP contribution in [0.3, 0.4) is 0 Å². The summed E-state index contributed by atoms with van der Waals surface area (Å²) in [5.74, 6) is -0.187. The van der Waals surface area contributed by atoms with Gasteiger partial charge in [-0.25, -0.2) is 0 Å². The maximum atomic E-state index is 12.7. The van der Waals surface area contributed by atoms with E-state index in [-0.39, 0.29) is 5.91 Å². The van der Waals surface area contributed by atoms with E-state index in [0.717, 1.165) is 26.1 Å². The van der Waals surface area contributed by atoms with Crippen molar-refractivity contribution in [2.75, 3.05) is 0 Å². The molecule has 4 heteroatoms. The highest BCUT2D eigenvalue weighted by Gasteiger charge is 2.11. The van der Waals surface area contributed by atoms with Crippen molar-refractivity contribution in [3.8, 4) is 0 Å². The van der Waals surface area contributed by atoms with Crippen molar-refractivity contribution in [2.45, 2.75) is 13.8 Å². The molecule has 1 heterocycles. The van der Waals surface area contributed by atoms with Gasteiger partial charge < -0.3 is 4.57 Å². The summed E-state index contributed by atoms with van der Waals surface area (Å²) in [7, 11) is 1.97. The molecule has 25 heavy (non-hydrogen) atoms. The van der Waals surface area contributed by atoms with Gasteiger partial charge in [0, 0.05) is 18.0 Å². The van der Waals surface area contributed by atoms with Gasteiger partial charge in [0.05, 0.1) is 10.2 Å². The molecule has 124 valence electrons. The van der Waals surface area contributed by atoms with Gasteiger partial charge in [-0.1, -0.05) is 59.4 Å². The molecule has 0 unspecified atom stereocenters. The zero-order valence-electron chi connectivity index (χ0n) is 14.4. The molecule has 0 aliphatic heterocycles. The summed E-state index contributed by atoms with van der Waals surface area (Å²) in [4.78, 5) is 17.8. The minimum Gasteiger partial charge on any atom is -0.319 e. The monoisotopic (exact) mass is 346 g/mol. The Morgan fingerprint density at radius 1 is 1.04 bits per heavy atom. The molecule has 4 aromatic rings. The van der Waals surface area contributed by atoms with Crippen LogP contribution in [0.15, 0.2) is 59.6 Å². The Labute approximate surface area is 149 Å². The van der Waals surface area contributed by atoms with Crippen LogP contribution in [0.2, 0.25) is 0 Å². The van der Waals surface area contributed by atoms with Crippen LogP contribution in [-0.2, 0) is 7.05 Å². The van der Waals surface area contributed by atoms with E-state index in [1.807, 2.05) is 55.8 Å². The third-order valence-corrected chi connectivity index (χ3v) is 5.60. The molecule has 0 radical (unpaired) electrons. The summed E-state index contributed by atoms with van der Waals surface area (Å²) >= 11 is 1.55. The highest BCUT2D eigenvalue weighted by Crippen LogP contribution is 2.26. The summed E-state index contributed by atoms with van der Waals surface area (Å²) < 4.78 is 3.15. The van der Waals surface area contributed by atoms with Gasteiger partial charge in [-0.15, -0.1) is 0 Å². The number of hydrogen-bond donors (Lipinski definition) is 0. The second kappa shape index (κ2) is 5.97. The number of carbonyl (C=O) groups excluding carboxylic acids is 1. The van der Waals surface area contributed by atoms with Gasteiger partial charge in [-0.3, -0.25) is 4.79 Å². The lowest BCUT2D eigenvalue weighted by Gasteiger charge is -2.03. The van der Waals surface area contributed by atoms with Crippen molar-refractivity contribution >= 4 is 38.2 Å². The zero-order valence-corrected chi connectivity index (χ0v) is 15.2. The molecule has 0 bridgehead atoms. The van der Waals surface area contributed by atoms with Crippen LogP contribution in [0.5, 0.6) is 0 Å². The number of aromatic nitrogens is 1. The molecule has 0 atom stereocenters. The minimum atomic E-state index is -0.187. The first-order valence-electron chi connectivity index (χ1n) is 8.18. The van der Waals surface area contributed by atoms with E-state index in [2.05, 4.69) is 29.3 Å². The van der Waals surface area contributed by atoms with Gasteiger partial charge in [-0.05, 0) is 36.9 Å². The molecular formula is C21H18N2OS. The zero-order chi connectivity index (χ0) is 17.6. The van der Waals surface area contributed by atoms with Crippen LogP contribution in [0.1, 0.15) is 21.5 Å². The van der Waals surface area contributed by atoms with Gasteiger partial charge in [0.1, 0.15) is 0 Å². The highest BCUT2D eigenvalue weighted by atomic mass is 32.1. The lowest BCUT2D eigenvalue weighted by molar-refractivity contribution is 0.0997. The molecule has 0 spiro atoms. The Balaban J connectivity index is 1.93. The van der Waals surface area contributed by atoms with Crippen molar-refractivity contribution in [3.63, 3.8) is 0 Å². The second-order valence-electron chi connectivity index (χ2n) is 6.31. The minimum absolute atomic E-state index is 0.187. The van der Waals surface area contributed by atoms with E-state index in [0.29, 0.717) is 5.56 Å². The number of nitrogens with zero attached hydrogens (tertiary/aromatic N) is 2. The maximum Gasteiger partial charge on any atom is 0.279 e. The molecule has 3 nitrogen and oxygen atoms in total. The molecule has 0 N–H and O–H groups in total. The molecule has 0 aliphatic carbocycles. The van der Waals surface area contributed by atoms with Crippen molar-refractivity contribution in [2.24, 2.45) is 12.0 Å². The summed E-state index contributed by atoms with van der Waals surface area (Å²) in [6.07, 6.45) is 0. The molecule has 0 aliphatic rings. The normalized spacial score (nSPS) is 12.2. The van der Waals surface area contributed by atoms with Crippen LogP contribution in [-0.4, -0.2) is 10.5 Å². The van der Waals surface area contributed by atoms with Gasteiger partial charge in [0.25, 0.3) is 5.91 Å². The Bertz CT molecular complexity index is 1200. The van der Waals surface area contributed by atoms with Gasteiger partial charge in [-0.2, -0.15) is 4.99 Å². The Kier molecular flexibility index (Phi) is 3.77. The van der Waals surface area contributed by atoms with Gasteiger partial charge in [0.2, 0.25) is 0 Å². The number of thiazole rings is 1. The second-order valence-corrected chi connectivity index (χ2v) is 7.32. The fraction of sp³-hybridized carbons (Fsp3) is 0.143. The Hall–Kier alpha value is -2.72. The van der Waals surface area contributed by atoms with E-state index in [4.69, 9.17) is 0 Å². The molecule has 3 aromatic carbocycles.